The third kappa shape index (κ3) is 5.76. The molecule has 2 amide bonds. The number of aryl methyl sites for hydroxylation is 2. The monoisotopic (exact) mass is 334 g/mol. The van der Waals surface area contributed by atoms with E-state index < -0.39 is 5.97 Å². The van der Waals surface area contributed by atoms with Crippen LogP contribution in [-0.4, -0.2) is 36.3 Å². The molecule has 1 aromatic carbocycles. The van der Waals surface area contributed by atoms with Crippen molar-refractivity contribution in [1.82, 2.24) is 10.6 Å². The number of carbonyl (C=O) groups excluding carboxylic acids is 1. The van der Waals surface area contributed by atoms with Crippen molar-refractivity contribution in [2.45, 2.75) is 45.6 Å². The van der Waals surface area contributed by atoms with E-state index in [1.807, 2.05) is 26.0 Å². The van der Waals surface area contributed by atoms with Crippen molar-refractivity contribution in [3.05, 3.63) is 29.3 Å². The molecule has 1 fully saturated rings. The number of carboxylic acids is 1. The maximum Gasteiger partial charge on any atom is 0.315 e. The number of carbonyl (C=O) groups is 2. The molecule has 1 aliphatic rings. The summed E-state index contributed by atoms with van der Waals surface area (Å²) in [6.45, 7) is 4.86. The second-order valence-corrected chi connectivity index (χ2v) is 6.46. The van der Waals surface area contributed by atoms with Crippen molar-refractivity contribution in [2.75, 3.05) is 13.2 Å². The van der Waals surface area contributed by atoms with E-state index in [4.69, 9.17) is 9.84 Å². The van der Waals surface area contributed by atoms with E-state index in [0.29, 0.717) is 38.8 Å². The van der Waals surface area contributed by atoms with Gasteiger partial charge in [-0.15, -0.1) is 0 Å². The van der Waals surface area contributed by atoms with E-state index in [-0.39, 0.29) is 18.0 Å². The van der Waals surface area contributed by atoms with Crippen molar-refractivity contribution < 1.29 is 19.4 Å². The number of hydrogen-bond acceptors (Lipinski definition) is 3. The van der Waals surface area contributed by atoms with Crippen molar-refractivity contribution >= 4 is 12.0 Å². The zero-order valence-electron chi connectivity index (χ0n) is 14.3. The zero-order chi connectivity index (χ0) is 17.5. The van der Waals surface area contributed by atoms with Crippen LogP contribution in [0.25, 0.3) is 0 Å². The predicted molar refractivity (Wildman–Crippen MR) is 91.3 cm³/mol. The molecule has 0 unspecified atom stereocenters. The molecular weight excluding hydrogens is 308 g/mol. The van der Waals surface area contributed by atoms with Gasteiger partial charge < -0.3 is 20.5 Å². The van der Waals surface area contributed by atoms with Gasteiger partial charge in [0.15, 0.2) is 0 Å². The van der Waals surface area contributed by atoms with E-state index in [1.54, 1.807) is 0 Å². The van der Waals surface area contributed by atoms with E-state index in [1.165, 1.54) is 0 Å². The van der Waals surface area contributed by atoms with Gasteiger partial charge >= 0.3 is 12.0 Å². The second-order valence-electron chi connectivity index (χ2n) is 6.46. The van der Waals surface area contributed by atoms with Crippen molar-refractivity contribution in [2.24, 2.45) is 5.92 Å². The molecule has 0 aliphatic heterocycles. The van der Waals surface area contributed by atoms with Crippen molar-refractivity contribution in [1.29, 1.82) is 0 Å². The highest BCUT2D eigenvalue weighted by Crippen LogP contribution is 2.24. The van der Waals surface area contributed by atoms with Crippen LogP contribution in [0, 0.1) is 19.8 Å². The van der Waals surface area contributed by atoms with Crippen LogP contribution < -0.4 is 15.4 Å². The number of hydrogen-bond donors (Lipinski definition) is 3. The molecule has 24 heavy (non-hydrogen) atoms. The minimum atomic E-state index is -0.735. The topological polar surface area (TPSA) is 87.7 Å². The summed E-state index contributed by atoms with van der Waals surface area (Å²) in [6, 6.07) is 5.85. The normalized spacial score (nSPS) is 20.2. The summed E-state index contributed by atoms with van der Waals surface area (Å²) < 4.78 is 5.64. The van der Waals surface area contributed by atoms with Crippen LogP contribution >= 0.6 is 0 Å². The lowest BCUT2D eigenvalue weighted by Gasteiger charge is -2.26. The van der Waals surface area contributed by atoms with Gasteiger partial charge in [-0.1, -0.05) is 6.07 Å². The van der Waals surface area contributed by atoms with Gasteiger partial charge in [0.05, 0.1) is 12.5 Å². The number of urea groups is 1. The van der Waals surface area contributed by atoms with Crippen LogP contribution in [0.15, 0.2) is 18.2 Å². The first-order chi connectivity index (χ1) is 11.4. The van der Waals surface area contributed by atoms with Crippen LogP contribution in [0.4, 0.5) is 4.79 Å². The molecule has 3 N–H and O–H groups in total. The average Bonchev–Trinajstić information content (AvgIpc) is 2.51. The minimum Gasteiger partial charge on any atom is -0.492 e. The van der Waals surface area contributed by atoms with Gasteiger partial charge in [-0.2, -0.15) is 0 Å². The van der Waals surface area contributed by atoms with Gasteiger partial charge in [-0.3, -0.25) is 4.79 Å². The van der Waals surface area contributed by atoms with E-state index >= 15 is 0 Å². The van der Waals surface area contributed by atoms with Gasteiger partial charge in [0.2, 0.25) is 0 Å². The van der Waals surface area contributed by atoms with Crippen LogP contribution in [0.1, 0.15) is 36.8 Å². The fraction of sp³-hybridized carbons (Fsp3) is 0.556. The highest BCUT2D eigenvalue weighted by Gasteiger charge is 2.26. The highest BCUT2D eigenvalue weighted by molar-refractivity contribution is 5.74. The lowest BCUT2D eigenvalue weighted by Crippen LogP contribution is -2.45. The van der Waals surface area contributed by atoms with Crippen molar-refractivity contribution in [3.63, 3.8) is 0 Å². The Hall–Kier alpha value is -2.24. The first-order valence-corrected chi connectivity index (χ1v) is 8.42. The lowest BCUT2D eigenvalue weighted by atomic mass is 9.86. The number of amides is 2. The molecule has 0 atom stereocenters. The van der Waals surface area contributed by atoms with Crippen LogP contribution in [0.3, 0.4) is 0 Å². The third-order valence-electron chi connectivity index (χ3n) is 4.26. The molecule has 0 aromatic heterocycles. The summed E-state index contributed by atoms with van der Waals surface area (Å²) in [5.74, 6) is -0.194. The molecular formula is C18H26N2O4. The number of nitrogens with one attached hydrogen (secondary N) is 2. The molecule has 0 heterocycles. The predicted octanol–water partition coefficient (Wildman–Crippen LogP) is 2.62. The van der Waals surface area contributed by atoms with Gasteiger partial charge in [0.1, 0.15) is 12.4 Å². The van der Waals surface area contributed by atoms with Crippen molar-refractivity contribution in [3.8, 4) is 5.75 Å². The molecule has 0 radical (unpaired) electrons. The molecule has 2 rings (SSSR count). The van der Waals surface area contributed by atoms with Gasteiger partial charge in [-0.25, -0.2) is 4.79 Å². The fourth-order valence-corrected chi connectivity index (χ4v) is 3.07. The Kier molecular flexibility index (Phi) is 6.46. The number of aliphatic carboxylic acids is 1. The van der Waals surface area contributed by atoms with Gasteiger partial charge in [0.25, 0.3) is 0 Å². The molecule has 0 saturated heterocycles. The first kappa shape index (κ1) is 18.1. The molecule has 6 heteroatoms. The third-order valence-corrected chi connectivity index (χ3v) is 4.26. The lowest BCUT2D eigenvalue weighted by molar-refractivity contribution is -0.142. The smallest absolute Gasteiger partial charge is 0.315 e. The number of ether oxygens (including phenoxy) is 1. The first-order valence-electron chi connectivity index (χ1n) is 8.42. The second kappa shape index (κ2) is 8.57. The molecule has 132 valence electrons. The summed E-state index contributed by atoms with van der Waals surface area (Å²) in [6.07, 6.45) is 2.67. The van der Waals surface area contributed by atoms with Gasteiger partial charge in [0, 0.05) is 6.04 Å². The Morgan fingerprint density at radius 3 is 2.33 bits per heavy atom. The number of rotatable bonds is 6. The Balaban J connectivity index is 1.62. The molecule has 1 aromatic rings. The quantitative estimate of drug-likeness (QED) is 0.698. The Labute approximate surface area is 142 Å². The SMILES string of the molecule is Cc1cc(C)cc(OCCNC(=O)NC2CCC(C(=O)O)CC2)c1. The maximum absolute atomic E-state index is 11.9. The fourth-order valence-electron chi connectivity index (χ4n) is 3.07. The molecule has 0 bridgehead atoms. The molecule has 0 spiro atoms. The summed E-state index contributed by atoms with van der Waals surface area (Å²) in [5.41, 5.74) is 2.29. The summed E-state index contributed by atoms with van der Waals surface area (Å²) in [5, 5.41) is 14.6. The number of benzene rings is 1. The van der Waals surface area contributed by atoms with Crippen LogP contribution in [0.2, 0.25) is 0 Å². The van der Waals surface area contributed by atoms with Crippen LogP contribution in [-0.2, 0) is 4.79 Å². The Morgan fingerprint density at radius 2 is 1.75 bits per heavy atom. The van der Waals surface area contributed by atoms with Gasteiger partial charge in [-0.05, 0) is 62.8 Å². The number of carboxylic acid groups (broad SMARTS) is 1. The summed E-state index contributed by atoms with van der Waals surface area (Å²) in [4.78, 5) is 22.8. The average molecular weight is 334 g/mol. The standard InChI is InChI=1S/C18H26N2O4/c1-12-9-13(2)11-16(10-12)24-8-7-19-18(23)20-15-5-3-14(4-6-15)17(21)22/h9-11,14-15H,3-8H2,1-2H3,(H,21,22)(H2,19,20,23). The molecule has 6 nitrogen and oxygen atoms in total. The minimum absolute atomic E-state index is 0.0564. The van der Waals surface area contributed by atoms with E-state index in [0.717, 1.165) is 16.9 Å². The highest BCUT2D eigenvalue weighted by atomic mass is 16.5. The Bertz CT molecular complexity index is 560. The summed E-state index contributed by atoms with van der Waals surface area (Å²) >= 11 is 0. The summed E-state index contributed by atoms with van der Waals surface area (Å²) in [7, 11) is 0. The Morgan fingerprint density at radius 1 is 1.12 bits per heavy atom. The maximum atomic E-state index is 11.9. The largest absolute Gasteiger partial charge is 0.492 e. The van der Waals surface area contributed by atoms with E-state index in [2.05, 4.69) is 16.7 Å². The van der Waals surface area contributed by atoms with Crippen LogP contribution in [0.5, 0.6) is 5.75 Å². The molecule has 1 aliphatic carbocycles. The van der Waals surface area contributed by atoms with E-state index in [9.17, 15) is 9.59 Å². The molecule has 1 saturated carbocycles. The zero-order valence-corrected chi connectivity index (χ0v) is 14.3.